The number of likely N-dealkylation sites (tertiary alicyclic amines) is 1. The average Bonchev–Trinajstić information content (AvgIpc) is 2.69. The number of methoxy groups -OCH3 is 1. The Labute approximate surface area is 162 Å². The van der Waals surface area contributed by atoms with Gasteiger partial charge in [-0.1, -0.05) is 24.1 Å². The molecule has 0 bridgehead atoms. The van der Waals surface area contributed by atoms with Crippen molar-refractivity contribution in [2.24, 2.45) is 0 Å². The largest absolute Gasteiger partial charge is 0.497 e. The van der Waals surface area contributed by atoms with Gasteiger partial charge in [0.05, 0.1) is 17.7 Å². The molecule has 1 fully saturated rings. The van der Waals surface area contributed by atoms with Gasteiger partial charge in [-0.05, 0) is 69.3 Å². The van der Waals surface area contributed by atoms with Crippen LogP contribution >= 0.6 is 0 Å². The molecule has 0 amide bonds. The van der Waals surface area contributed by atoms with Crippen molar-refractivity contribution in [2.45, 2.75) is 31.1 Å². The minimum Gasteiger partial charge on any atom is -0.497 e. The molecule has 5 nitrogen and oxygen atoms in total. The van der Waals surface area contributed by atoms with Crippen molar-refractivity contribution < 1.29 is 13.2 Å². The molecule has 27 heavy (non-hydrogen) atoms. The van der Waals surface area contributed by atoms with Crippen molar-refractivity contribution in [3.05, 3.63) is 54.1 Å². The second-order valence-electron chi connectivity index (χ2n) is 6.99. The van der Waals surface area contributed by atoms with E-state index in [2.05, 4.69) is 4.90 Å². The standard InChI is InChI=1S/C21H28N2O3S/c1-18-6-12-21(13-7-18)27(24,25)23(17-16-22-14-4-3-5-15-22)19-8-10-20(26-2)11-9-19/h6-13H,3-5,14-17H2,1-2H3. The van der Waals surface area contributed by atoms with Crippen LogP contribution in [0.5, 0.6) is 5.75 Å². The summed E-state index contributed by atoms with van der Waals surface area (Å²) in [4.78, 5) is 2.67. The Bertz CT molecular complexity index is 827. The first-order chi connectivity index (χ1) is 13.0. The van der Waals surface area contributed by atoms with Gasteiger partial charge < -0.3 is 9.64 Å². The summed E-state index contributed by atoms with van der Waals surface area (Å²) in [6.07, 6.45) is 3.64. The molecule has 1 aliphatic rings. The van der Waals surface area contributed by atoms with E-state index in [4.69, 9.17) is 4.74 Å². The predicted molar refractivity (Wildman–Crippen MR) is 109 cm³/mol. The molecule has 1 saturated heterocycles. The van der Waals surface area contributed by atoms with Crippen molar-refractivity contribution >= 4 is 15.7 Å². The third-order valence-electron chi connectivity index (χ3n) is 5.04. The van der Waals surface area contributed by atoms with Crippen LogP contribution in [0.25, 0.3) is 0 Å². The minimum atomic E-state index is -3.63. The number of aryl methyl sites for hydroxylation is 1. The summed E-state index contributed by atoms with van der Waals surface area (Å²) in [7, 11) is -2.02. The highest BCUT2D eigenvalue weighted by Crippen LogP contribution is 2.26. The van der Waals surface area contributed by atoms with Gasteiger partial charge in [0.25, 0.3) is 10.0 Å². The summed E-state index contributed by atoms with van der Waals surface area (Å²) in [6.45, 7) is 5.20. The van der Waals surface area contributed by atoms with Crippen molar-refractivity contribution in [3.8, 4) is 5.75 Å². The highest BCUT2D eigenvalue weighted by atomic mass is 32.2. The highest BCUT2D eigenvalue weighted by Gasteiger charge is 2.25. The zero-order valence-electron chi connectivity index (χ0n) is 16.1. The molecule has 0 unspecified atom stereocenters. The van der Waals surface area contributed by atoms with Crippen LogP contribution < -0.4 is 9.04 Å². The highest BCUT2D eigenvalue weighted by molar-refractivity contribution is 7.92. The Morgan fingerprint density at radius 3 is 2.19 bits per heavy atom. The first-order valence-corrected chi connectivity index (χ1v) is 10.9. The molecule has 0 saturated carbocycles. The molecule has 0 aromatic heterocycles. The lowest BCUT2D eigenvalue weighted by atomic mass is 10.1. The van der Waals surface area contributed by atoms with Gasteiger partial charge in [-0.3, -0.25) is 4.31 Å². The lowest BCUT2D eigenvalue weighted by Crippen LogP contribution is -2.40. The van der Waals surface area contributed by atoms with E-state index in [1.807, 2.05) is 19.1 Å². The molecule has 0 radical (unpaired) electrons. The van der Waals surface area contributed by atoms with E-state index in [0.29, 0.717) is 22.9 Å². The first kappa shape index (κ1) is 19.7. The van der Waals surface area contributed by atoms with Crippen LogP contribution in [0.1, 0.15) is 24.8 Å². The summed E-state index contributed by atoms with van der Waals surface area (Å²) in [5, 5.41) is 0. The van der Waals surface area contributed by atoms with Gasteiger partial charge in [0, 0.05) is 13.1 Å². The van der Waals surface area contributed by atoms with Crippen LogP contribution in [-0.4, -0.2) is 46.6 Å². The van der Waals surface area contributed by atoms with E-state index in [0.717, 1.165) is 25.2 Å². The normalized spacial score (nSPS) is 15.5. The topological polar surface area (TPSA) is 49.9 Å². The first-order valence-electron chi connectivity index (χ1n) is 9.46. The van der Waals surface area contributed by atoms with Crippen molar-refractivity contribution in [2.75, 3.05) is 37.6 Å². The molecule has 2 aromatic rings. The smallest absolute Gasteiger partial charge is 0.264 e. The summed E-state index contributed by atoms with van der Waals surface area (Å²) < 4.78 is 33.4. The Balaban J connectivity index is 1.88. The molecular weight excluding hydrogens is 360 g/mol. The number of hydrogen-bond donors (Lipinski definition) is 0. The second kappa shape index (κ2) is 8.76. The van der Waals surface area contributed by atoms with E-state index in [9.17, 15) is 8.42 Å². The molecule has 0 aliphatic carbocycles. The zero-order chi connectivity index (χ0) is 19.3. The fourth-order valence-corrected chi connectivity index (χ4v) is 4.85. The van der Waals surface area contributed by atoms with Gasteiger partial charge in [-0.15, -0.1) is 0 Å². The quantitative estimate of drug-likeness (QED) is 0.726. The number of rotatable bonds is 7. The number of nitrogens with zero attached hydrogens (tertiary/aromatic N) is 2. The molecule has 1 heterocycles. The fraction of sp³-hybridized carbons (Fsp3) is 0.429. The van der Waals surface area contributed by atoms with Crippen LogP contribution in [0, 0.1) is 6.92 Å². The third-order valence-corrected chi connectivity index (χ3v) is 6.88. The molecule has 0 spiro atoms. The molecule has 3 rings (SSSR count). The van der Waals surface area contributed by atoms with E-state index < -0.39 is 10.0 Å². The lowest BCUT2D eigenvalue weighted by Gasteiger charge is -2.30. The van der Waals surface area contributed by atoms with Gasteiger partial charge in [0.15, 0.2) is 0 Å². The van der Waals surface area contributed by atoms with Crippen molar-refractivity contribution in [1.29, 1.82) is 0 Å². The Morgan fingerprint density at radius 2 is 1.59 bits per heavy atom. The van der Waals surface area contributed by atoms with Gasteiger partial charge >= 0.3 is 0 Å². The maximum Gasteiger partial charge on any atom is 0.264 e. The molecule has 146 valence electrons. The third kappa shape index (κ3) is 4.82. The van der Waals surface area contributed by atoms with E-state index in [1.165, 1.54) is 23.6 Å². The van der Waals surface area contributed by atoms with Crippen molar-refractivity contribution in [1.82, 2.24) is 4.90 Å². The monoisotopic (exact) mass is 388 g/mol. The van der Waals surface area contributed by atoms with Crippen LogP contribution in [0.15, 0.2) is 53.4 Å². The SMILES string of the molecule is COc1ccc(N(CCN2CCCCC2)S(=O)(=O)c2ccc(C)cc2)cc1. The zero-order valence-corrected chi connectivity index (χ0v) is 16.9. The molecular formula is C21H28N2O3S. The minimum absolute atomic E-state index is 0.322. The van der Waals surface area contributed by atoms with E-state index >= 15 is 0 Å². The van der Waals surface area contributed by atoms with Crippen LogP contribution in [-0.2, 0) is 10.0 Å². The maximum absolute atomic E-state index is 13.3. The van der Waals surface area contributed by atoms with Crippen LogP contribution in [0.4, 0.5) is 5.69 Å². The predicted octanol–water partition coefficient (Wildman–Crippen LogP) is 3.68. The lowest BCUT2D eigenvalue weighted by molar-refractivity contribution is 0.235. The number of benzene rings is 2. The maximum atomic E-state index is 13.3. The summed E-state index contributed by atoms with van der Waals surface area (Å²) in [5.41, 5.74) is 1.70. The fourth-order valence-electron chi connectivity index (χ4n) is 3.39. The van der Waals surface area contributed by atoms with Gasteiger partial charge in [-0.2, -0.15) is 0 Å². The van der Waals surface area contributed by atoms with Gasteiger partial charge in [0.2, 0.25) is 0 Å². The van der Waals surface area contributed by atoms with Crippen molar-refractivity contribution in [3.63, 3.8) is 0 Å². The van der Waals surface area contributed by atoms with Gasteiger partial charge in [-0.25, -0.2) is 8.42 Å². The van der Waals surface area contributed by atoms with Crippen LogP contribution in [0.2, 0.25) is 0 Å². The van der Waals surface area contributed by atoms with E-state index in [1.54, 1.807) is 43.5 Å². The average molecular weight is 389 g/mol. The Kier molecular flexibility index (Phi) is 6.39. The summed E-state index contributed by atoms with van der Waals surface area (Å²) in [5.74, 6) is 0.711. The van der Waals surface area contributed by atoms with Gasteiger partial charge in [0.1, 0.15) is 5.75 Å². The molecule has 2 aromatic carbocycles. The van der Waals surface area contributed by atoms with E-state index in [-0.39, 0.29) is 0 Å². The molecule has 1 aliphatic heterocycles. The second-order valence-corrected chi connectivity index (χ2v) is 8.85. The number of anilines is 1. The molecule has 0 atom stereocenters. The number of sulfonamides is 1. The molecule has 0 N–H and O–H groups in total. The number of ether oxygens (including phenoxy) is 1. The summed E-state index contributed by atoms with van der Waals surface area (Å²) >= 11 is 0. The summed E-state index contributed by atoms with van der Waals surface area (Å²) in [6, 6.07) is 14.3. The number of piperidine rings is 1. The number of hydrogen-bond acceptors (Lipinski definition) is 4. The molecule has 6 heteroatoms. The Hall–Kier alpha value is -2.05. The van der Waals surface area contributed by atoms with Crippen LogP contribution in [0.3, 0.4) is 0 Å². The Morgan fingerprint density at radius 1 is 0.963 bits per heavy atom.